The number of hydrogen-bond donors (Lipinski definition) is 1. The fourth-order valence-electron chi connectivity index (χ4n) is 1.62. The number of carbonyl (C=O) groups is 1. The summed E-state index contributed by atoms with van der Waals surface area (Å²) < 4.78 is 15.0. The molecule has 0 aliphatic heterocycles. The summed E-state index contributed by atoms with van der Waals surface area (Å²) in [5, 5.41) is 12.9. The van der Waals surface area contributed by atoms with E-state index >= 15 is 0 Å². The van der Waals surface area contributed by atoms with E-state index in [1.165, 1.54) is 22.9 Å². The Morgan fingerprint density at radius 2 is 2.16 bits per heavy atom. The van der Waals surface area contributed by atoms with E-state index in [1.807, 2.05) is 13.8 Å². The summed E-state index contributed by atoms with van der Waals surface area (Å²) in [6.45, 7) is 3.76. The van der Waals surface area contributed by atoms with E-state index in [1.54, 1.807) is 0 Å². The number of benzene rings is 1. The molecule has 0 fully saturated rings. The second kappa shape index (κ2) is 5.08. The van der Waals surface area contributed by atoms with Crippen LogP contribution < -0.4 is 0 Å². The molecule has 1 N–H and O–H groups in total. The van der Waals surface area contributed by atoms with Crippen molar-refractivity contribution in [2.24, 2.45) is 0 Å². The van der Waals surface area contributed by atoms with Gasteiger partial charge >= 0.3 is 5.97 Å². The third-order valence-electron chi connectivity index (χ3n) is 2.48. The van der Waals surface area contributed by atoms with Crippen LogP contribution in [0.4, 0.5) is 4.39 Å². The van der Waals surface area contributed by atoms with E-state index in [0.717, 1.165) is 0 Å². The topological polar surface area (TPSA) is 68.0 Å². The van der Waals surface area contributed by atoms with Gasteiger partial charge in [0.1, 0.15) is 11.6 Å². The molecule has 2 rings (SSSR count). The zero-order chi connectivity index (χ0) is 14.2. The average molecular weight is 328 g/mol. The maximum absolute atomic E-state index is 13.1. The van der Waals surface area contributed by atoms with Crippen LogP contribution >= 0.6 is 15.9 Å². The van der Waals surface area contributed by atoms with Crippen LogP contribution in [0.15, 0.2) is 22.7 Å². The predicted molar refractivity (Wildman–Crippen MR) is 70.1 cm³/mol. The number of carboxylic acids is 1. The monoisotopic (exact) mass is 327 g/mol. The molecule has 0 spiro atoms. The van der Waals surface area contributed by atoms with Gasteiger partial charge in [0.2, 0.25) is 0 Å². The molecule has 0 saturated heterocycles. The number of nitrogens with zero attached hydrogens (tertiary/aromatic N) is 3. The molecule has 7 heteroatoms. The van der Waals surface area contributed by atoms with Gasteiger partial charge in [-0.1, -0.05) is 13.8 Å². The Kier molecular flexibility index (Phi) is 3.66. The fraction of sp³-hybridized carbons (Fsp3) is 0.250. The Morgan fingerprint density at radius 3 is 2.68 bits per heavy atom. The molecule has 1 aromatic carbocycles. The lowest BCUT2D eigenvalue weighted by Gasteiger charge is -2.09. The first kappa shape index (κ1) is 13.7. The molecule has 0 aliphatic carbocycles. The van der Waals surface area contributed by atoms with Crippen LogP contribution in [0, 0.1) is 5.82 Å². The molecule has 0 bridgehead atoms. The van der Waals surface area contributed by atoms with Gasteiger partial charge in [0.15, 0.2) is 0 Å². The van der Waals surface area contributed by atoms with Crippen molar-refractivity contribution in [2.45, 2.75) is 19.8 Å². The number of hydrogen-bond acceptors (Lipinski definition) is 3. The summed E-state index contributed by atoms with van der Waals surface area (Å²) in [5.41, 5.74) is 0.546. The van der Waals surface area contributed by atoms with Crippen molar-refractivity contribution >= 4 is 21.9 Å². The van der Waals surface area contributed by atoms with E-state index in [0.29, 0.717) is 16.0 Å². The Bertz CT molecular complexity index is 640. The van der Waals surface area contributed by atoms with Gasteiger partial charge < -0.3 is 5.11 Å². The van der Waals surface area contributed by atoms with Crippen molar-refractivity contribution in [3.05, 3.63) is 40.1 Å². The normalized spacial score (nSPS) is 11.0. The quantitative estimate of drug-likeness (QED) is 0.940. The molecule has 0 amide bonds. The second-order valence-electron chi connectivity index (χ2n) is 4.26. The van der Waals surface area contributed by atoms with E-state index in [4.69, 9.17) is 5.11 Å². The van der Waals surface area contributed by atoms with Gasteiger partial charge in [0, 0.05) is 10.4 Å². The molecule has 1 heterocycles. The molecule has 0 aliphatic rings. The Hall–Kier alpha value is -1.76. The molecule has 100 valence electrons. The van der Waals surface area contributed by atoms with Crippen molar-refractivity contribution in [2.75, 3.05) is 0 Å². The molecule has 5 nitrogen and oxygen atoms in total. The summed E-state index contributed by atoms with van der Waals surface area (Å²) in [4.78, 5) is 14.9. The number of carboxylic acid groups (broad SMARTS) is 1. The van der Waals surface area contributed by atoms with Gasteiger partial charge in [-0.2, -0.15) is 0 Å². The standard InChI is InChI=1S/C12H11BrFN3O2/c1-6(2)11-15-10(12(18)19)16-17(11)9-4-3-7(14)5-8(9)13/h3-6H,1-2H3,(H,18,19). The molecule has 1 aromatic heterocycles. The first-order valence-electron chi connectivity index (χ1n) is 5.56. The van der Waals surface area contributed by atoms with Crippen molar-refractivity contribution < 1.29 is 14.3 Å². The highest BCUT2D eigenvalue weighted by Crippen LogP contribution is 2.25. The summed E-state index contributed by atoms with van der Waals surface area (Å²) >= 11 is 3.24. The number of halogens is 2. The Labute approximate surface area is 117 Å². The number of rotatable bonds is 3. The molecule has 0 unspecified atom stereocenters. The van der Waals surface area contributed by atoms with E-state index in [-0.39, 0.29) is 17.6 Å². The third kappa shape index (κ3) is 2.65. The molecule has 19 heavy (non-hydrogen) atoms. The smallest absolute Gasteiger partial charge is 0.375 e. The SMILES string of the molecule is CC(C)c1nc(C(=O)O)nn1-c1ccc(F)cc1Br. The van der Waals surface area contributed by atoms with E-state index in [9.17, 15) is 9.18 Å². The lowest BCUT2D eigenvalue weighted by molar-refractivity contribution is 0.0683. The Morgan fingerprint density at radius 1 is 1.47 bits per heavy atom. The lowest BCUT2D eigenvalue weighted by Crippen LogP contribution is -2.06. The summed E-state index contributed by atoms with van der Waals surface area (Å²) in [5.74, 6) is -1.37. The van der Waals surface area contributed by atoms with Crippen LogP contribution in [0.2, 0.25) is 0 Å². The summed E-state index contributed by atoms with van der Waals surface area (Å²) in [6, 6.07) is 4.10. The molecular weight excluding hydrogens is 317 g/mol. The van der Waals surface area contributed by atoms with Crippen LogP contribution in [-0.2, 0) is 0 Å². The minimum atomic E-state index is -1.20. The van der Waals surface area contributed by atoms with Crippen LogP contribution in [0.1, 0.15) is 36.2 Å². The lowest BCUT2D eigenvalue weighted by atomic mass is 10.2. The Balaban J connectivity index is 2.63. The number of aromatic carboxylic acids is 1. The molecule has 0 saturated carbocycles. The highest BCUT2D eigenvalue weighted by molar-refractivity contribution is 9.10. The maximum atomic E-state index is 13.1. The van der Waals surface area contributed by atoms with Gasteiger partial charge in [-0.3, -0.25) is 0 Å². The van der Waals surface area contributed by atoms with Crippen LogP contribution in [0.3, 0.4) is 0 Å². The summed E-state index contributed by atoms with van der Waals surface area (Å²) in [6.07, 6.45) is 0. The second-order valence-corrected chi connectivity index (χ2v) is 5.12. The number of aromatic nitrogens is 3. The van der Waals surface area contributed by atoms with E-state index in [2.05, 4.69) is 26.0 Å². The van der Waals surface area contributed by atoms with Gasteiger partial charge in [-0.25, -0.2) is 18.9 Å². The molecule has 0 radical (unpaired) electrons. The summed E-state index contributed by atoms with van der Waals surface area (Å²) in [7, 11) is 0. The van der Waals surface area contributed by atoms with Gasteiger partial charge in [-0.05, 0) is 34.1 Å². The highest BCUT2D eigenvalue weighted by Gasteiger charge is 2.19. The molecule has 0 atom stereocenters. The molecular formula is C12H11BrFN3O2. The minimum absolute atomic E-state index is 0.0162. The van der Waals surface area contributed by atoms with Crippen LogP contribution in [-0.4, -0.2) is 25.8 Å². The van der Waals surface area contributed by atoms with Crippen molar-refractivity contribution in [3.8, 4) is 5.69 Å². The zero-order valence-corrected chi connectivity index (χ0v) is 11.8. The maximum Gasteiger partial charge on any atom is 0.375 e. The van der Waals surface area contributed by atoms with Crippen molar-refractivity contribution in [1.29, 1.82) is 0 Å². The largest absolute Gasteiger partial charge is 0.475 e. The molecule has 2 aromatic rings. The van der Waals surface area contributed by atoms with E-state index < -0.39 is 5.97 Å². The first-order chi connectivity index (χ1) is 8.90. The zero-order valence-electron chi connectivity index (χ0n) is 10.3. The van der Waals surface area contributed by atoms with Crippen LogP contribution in [0.25, 0.3) is 5.69 Å². The van der Waals surface area contributed by atoms with Crippen molar-refractivity contribution in [1.82, 2.24) is 14.8 Å². The van der Waals surface area contributed by atoms with Gasteiger partial charge in [0.25, 0.3) is 5.82 Å². The first-order valence-corrected chi connectivity index (χ1v) is 6.35. The van der Waals surface area contributed by atoms with Crippen molar-refractivity contribution in [3.63, 3.8) is 0 Å². The average Bonchev–Trinajstić information content (AvgIpc) is 2.73. The minimum Gasteiger partial charge on any atom is -0.475 e. The van der Waals surface area contributed by atoms with Gasteiger partial charge in [-0.15, -0.1) is 5.10 Å². The highest BCUT2D eigenvalue weighted by atomic mass is 79.9. The predicted octanol–water partition coefficient (Wildman–Crippen LogP) is 2.99. The fourth-order valence-corrected chi connectivity index (χ4v) is 2.14. The van der Waals surface area contributed by atoms with Crippen LogP contribution in [0.5, 0.6) is 0 Å². The van der Waals surface area contributed by atoms with Gasteiger partial charge in [0.05, 0.1) is 5.69 Å². The third-order valence-corrected chi connectivity index (χ3v) is 3.11.